The van der Waals surface area contributed by atoms with Crippen LogP contribution in [0.3, 0.4) is 0 Å². The summed E-state index contributed by atoms with van der Waals surface area (Å²) in [6, 6.07) is 0. The van der Waals surface area contributed by atoms with Crippen molar-refractivity contribution in [3.05, 3.63) is 11.3 Å². The molecule has 0 spiro atoms. The van der Waals surface area contributed by atoms with Gasteiger partial charge in [-0.05, 0) is 51.4 Å². The maximum atomic E-state index is 6.09. The molecular formula is C11H22OSi. The second kappa shape index (κ2) is 4.31. The van der Waals surface area contributed by atoms with Crippen LogP contribution >= 0.6 is 0 Å². The van der Waals surface area contributed by atoms with Crippen molar-refractivity contribution in [1.82, 2.24) is 0 Å². The standard InChI is InChI=1S/C11H22OSi/c1-10-8-6-5-7-9-11(10)12-13(2,3)4/h5-9H2,1-4H3. The van der Waals surface area contributed by atoms with E-state index in [0.29, 0.717) is 0 Å². The lowest BCUT2D eigenvalue weighted by atomic mass is 10.1. The van der Waals surface area contributed by atoms with Crippen LogP contribution < -0.4 is 0 Å². The molecule has 1 aliphatic carbocycles. The number of allylic oxidation sites excluding steroid dienone is 2. The van der Waals surface area contributed by atoms with Gasteiger partial charge in [0.25, 0.3) is 0 Å². The number of hydrogen-bond acceptors (Lipinski definition) is 1. The van der Waals surface area contributed by atoms with Gasteiger partial charge >= 0.3 is 0 Å². The van der Waals surface area contributed by atoms with Crippen molar-refractivity contribution in [2.24, 2.45) is 0 Å². The van der Waals surface area contributed by atoms with Crippen LogP contribution in [0.2, 0.25) is 19.6 Å². The first-order valence-corrected chi connectivity index (χ1v) is 8.77. The zero-order valence-electron chi connectivity index (χ0n) is 9.44. The lowest BCUT2D eigenvalue weighted by Gasteiger charge is -2.23. The van der Waals surface area contributed by atoms with Gasteiger partial charge in [-0.2, -0.15) is 0 Å². The molecule has 1 rings (SSSR count). The van der Waals surface area contributed by atoms with Crippen LogP contribution in [-0.2, 0) is 4.43 Å². The lowest BCUT2D eigenvalue weighted by Crippen LogP contribution is -2.25. The van der Waals surface area contributed by atoms with Gasteiger partial charge < -0.3 is 4.43 Å². The van der Waals surface area contributed by atoms with E-state index in [4.69, 9.17) is 4.43 Å². The predicted molar refractivity (Wildman–Crippen MR) is 60.2 cm³/mol. The van der Waals surface area contributed by atoms with Gasteiger partial charge in [-0.15, -0.1) is 0 Å². The fourth-order valence-corrected chi connectivity index (χ4v) is 2.73. The van der Waals surface area contributed by atoms with Gasteiger partial charge in [0.2, 0.25) is 8.32 Å². The average Bonchev–Trinajstić information content (AvgIpc) is 2.14. The second-order valence-electron chi connectivity index (χ2n) is 4.98. The van der Waals surface area contributed by atoms with Crippen LogP contribution in [0.5, 0.6) is 0 Å². The topological polar surface area (TPSA) is 9.23 Å². The van der Waals surface area contributed by atoms with Crippen molar-refractivity contribution < 1.29 is 4.43 Å². The van der Waals surface area contributed by atoms with Crippen molar-refractivity contribution in [3.8, 4) is 0 Å². The Labute approximate surface area is 83.3 Å². The molecule has 0 bridgehead atoms. The first-order valence-electron chi connectivity index (χ1n) is 5.37. The highest BCUT2D eigenvalue weighted by molar-refractivity contribution is 6.70. The summed E-state index contributed by atoms with van der Waals surface area (Å²) < 4.78 is 6.09. The number of rotatable bonds is 2. The summed E-state index contributed by atoms with van der Waals surface area (Å²) in [6.07, 6.45) is 6.47. The van der Waals surface area contributed by atoms with Crippen molar-refractivity contribution in [2.45, 2.75) is 58.7 Å². The third-order valence-corrected chi connectivity index (χ3v) is 3.22. The molecule has 0 unspecified atom stereocenters. The highest BCUT2D eigenvalue weighted by Crippen LogP contribution is 2.26. The molecule has 0 atom stereocenters. The minimum absolute atomic E-state index is 1.18. The molecular weight excluding hydrogens is 176 g/mol. The summed E-state index contributed by atoms with van der Waals surface area (Å²) >= 11 is 0. The summed E-state index contributed by atoms with van der Waals surface area (Å²) in [5.74, 6) is 1.32. The van der Waals surface area contributed by atoms with E-state index < -0.39 is 8.32 Å². The Balaban J connectivity index is 2.63. The summed E-state index contributed by atoms with van der Waals surface area (Å²) in [6.45, 7) is 9.02. The molecule has 0 aromatic heterocycles. The molecule has 0 saturated heterocycles. The Hall–Kier alpha value is -0.243. The predicted octanol–water partition coefficient (Wildman–Crippen LogP) is 4.08. The van der Waals surface area contributed by atoms with E-state index in [9.17, 15) is 0 Å². The minimum atomic E-state index is -1.37. The van der Waals surface area contributed by atoms with Crippen molar-refractivity contribution in [2.75, 3.05) is 0 Å². The van der Waals surface area contributed by atoms with E-state index in [1.165, 1.54) is 43.4 Å². The molecule has 0 fully saturated rings. The zero-order valence-corrected chi connectivity index (χ0v) is 10.4. The lowest BCUT2D eigenvalue weighted by molar-refractivity contribution is 0.391. The molecule has 1 nitrogen and oxygen atoms in total. The maximum absolute atomic E-state index is 6.09. The fraction of sp³-hybridized carbons (Fsp3) is 0.818. The Morgan fingerprint density at radius 3 is 2.23 bits per heavy atom. The molecule has 0 N–H and O–H groups in total. The summed E-state index contributed by atoms with van der Waals surface area (Å²) in [5.41, 5.74) is 1.50. The molecule has 0 saturated carbocycles. The summed E-state index contributed by atoms with van der Waals surface area (Å²) in [7, 11) is -1.37. The highest BCUT2D eigenvalue weighted by Gasteiger charge is 2.19. The Bertz CT molecular complexity index is 201. The normalized spacial score (nSPS) is 20.0. The average molecular weight is 198 g/mol. The van der Waals surface area contributed by atoms with E-state index in [1.54, 1.807) is 0 Å². The molecule has 0 heterocycles. The van der Waals surface area contributed by atoms with E-state index in [1.807, 2.05) is 0 Å². The summed E-state index contributed by atoms with van der Waals surface area (Å²) in [4.78, 5) is 0. The van der Waals surface area contributed by atoms with Crippen molar-refractivity contribution in [1.29, 1.82) is 0 Å². The molecule has 2 heteroatoms. The maximum Gasteiger partial charge on any atom is 0.241 e. The van der Waals surface area contributed by atoms with Gasteiger partial charge in [-0.25, -0.2) is 0 Å². The van der Waals surface area contributed by atoms with Crippen LogP contribution in [0.1, 0.15) is 39.0 Å². The smallest absolute Gasteiger partial charge is 0.241 e. The van der Waals surface area contributed by atoms with E-state index in [0.717, 1.165) is 0 Å². The minimum Gasteiger partial charge on any atom is -0.547 e. The van der Waals surface area contributed by atoms with Crippen LogP contribution in [0.15, 0.2) is 11.3 Å². The zero-order chi connectivity index (χ0) is 9.90. The Morgan fingerprint density at radius 2 is 1.62 bits per heavy atom. The van der Waals surface area contributed by atoms with Crippen LogP contribution in [0.25, 0.3) is 0 Å². The first-order chi connectivity index (χ1) is 5.99. The van der Waals surface area contributed by atoms with Gasteiger partial charge in [0.1, 0.15) is 0 Å². The highest BCUT2D eigenvalue weighted by atomic mass is 28.4. The Kier molecular flexibility index (Phi) is 3.60. The molecule has 76 valence electrons. The molecule has 0 amide bonds. The molecule has 1 aliphatic rings. The first kappa shape index (κ1) is 10.8. The van der Waals surface area contributed by atoms with Gasteiger partial charge in [0, 0.05) is 6.42 Å². The third kappa shape index (κ3) is 3.99. The van der Waals surface area contributed by atoms with Gasteiger partial charge in [-0.1, -0.05) is 6.42 Å². The van der Waals surface area contributed by atoms with Crippen molar-refractivity contribution >= 4 is 8.32 Å². The van der Waals surface area contributed by atoms with Gasteiger partial charge in [0.15, 0.2) is 0 Å². The second-order valence-corrected chi connectivity index (χ2v) is 9.41. The quantitative estimate of drug-likeness (QED) is 0.608. The molecule has 0 aromatic rings. The van der Waals surface area contributed by atoms with E-state index in [-0.39, 0.29) is 0 Å². The largest absolute Gasteiger partial charge is 0.547 e. The van der Waals surface area contributed by atoms with E-state index in [2.05, 4.69) is 26.6 Å². The molecule has 0 radical (unpaired) electrons. The van der Waals surface area contributed by atoms with Gasteiger partial charge in [-0.3, -0.25) is 0 Å². The Morgan fingerprint density at radius 1 is 1.00 bits per heavy atom. The molecule has 0 aliphatic heterocycles. The molecule has 0 aromatic carbocycles. The fourth-order valence-electron chi connectivity index (χ4n) is 1.71. The van der Waals surface area contributed by atoms with E-state index >= 15 is 0 Å². The third-order valence-electron chi connectivity index (χ3n) is 2.36. The van der Waals surface area contributed by atoms with Crippen LogP contribution in [0.4, 0.5) is 0 Å². The van der Waals surface area contributed by atoms with Crippen LogP contribution in [-0.4, -0.2) is 8.32 Å². The van der Waals surface area contributed by atoms with Crippen LogP contribution in [0, 0.1) is 0 Å². The SMILES string of the molecule is CC1=C(O[Si](C)(C)C)CCCCC1. The number of hydrogen-bond donors (Lipinski definition) is 0. The summed E-state index contributed by atoms with van der Waals surface area (Å²) in [5, 5.41) is 0. The van der Waals surface area contributed by atoms with Crippen molar-refractivity contribution in [3.63, 3.8) is 0 Å². The monoisotopic (exact) mass is 198 g/mol. The molecule has 13 heavy (non-hydrogen) atoms. The van der Waals surface area contributed by atoms with Gasteiger partial charge in [0.05, 0.1) is 5.76 Å².